The van der Waals surface area contributed by atoms with Crippen LogP contribution in [0.2, 0.25) is 0 Å². The Kier molecular flexibility index (Phi) is 66.3. The van der Waals surface area contributed by atoms with Crippen LogP contribution in [0.5, 0.6) is 0 Å². The largest absolute Gasteiger partial charge is 0.756 e. The Labute approximate surface area is 548 Å². The minimum Gasteiger partial charge on any atom is -0.756 e. The minimum atomic E-state index is -4.71. The summed E-state index contributed by atoms with van der Waals surface area (Å²) in [5.74, 6) is -0.526. The van der Waals surface area contributed by atoms with E-state index in [0.29, 0.717) is 17.4 Å². The molecule has 0 heterocycles. The molecule has 3 atom stereocenters. The maximum absolute atomic E-state index is 13.6. The number of quaternary nitrogens is 1. The number of carbonyl (C=O) groups is 2. The van der Waals surface area contributed by atoms with E-state index in [-0.39, 0.29) is 31.5 Å². The lowest BCUT2D eigenvalue weighted by molar-refractivity contribution is -0.870. The molecule has 0 bridgehead atoms. The van der Waals surface area contributed by atoms with Gasteiger partial charge in [0.25, 0.3) is 7.82 Å². The molecule has 9 nitrogen and oxygen atoms in total. The summed E-state index contributed by atoms with van der Waals surface area (Å²) >= 11 is 0. The quantitative estimate of drug-likeness (QED) is 0.0212. The normalized spacial score (nSPS) is 13.7. The van der Waals surface area contributed by atoms with Crippen molar-refractivity contribution in [2.45, 2.75) is 399 Å². The molecule has 0 spiro atoms. The van der Waals surface area contributed by atoms with E-state index in [4.69, 9.17) is 13.8 Å². The zero-order valence-corrected chi connectivity index (χ0v) is 60.3. The summed E-state index contributed by atoms with van der Waals surface area (Å²) < 4.78 is 30.5. The Morgan fingerprint density at radius 1 is 0.398 bits per heavy atom. The molecule has 0 aromatic heterocycles. The number of hydrogen-bond acceptors (Lipinski definition) is 7. The van der Waals surface area contributed by atoms with Crippen LogP contribution in [0.15, 0.2) is 48.6 Å². The zero-order chi connectivity index (χ0) is 64.2. The van der Waals surface area contributed by atoms with Gasteiger partial charge in [-0.2, -0.15) is 0 Å². The Morgan fingerprint density at radius 3 is 1.06 bits per heavy atom. The fraction of sp³-hybridized carbons (Fsp3) is 0.872. The molecule has 0 aliphatic heterocycles. The average Bonchev–Trinajstić information content (AvgIpc) is 3.71. The van der Waals surface area contributed by atoms with Gasteiger partial charge in [0.05, 0.1) is 33.8 Å². The number of nitrogens with zero attached hydrogens (tertiary/aromatic N) is 1. The highest BCUT2D eigenvalue weighted by atomic mass is 31.2. The predicted molar refractivity (Wildman–Crippen MR) is 381 cm³/mol. The third kappa shape index (κ3) is 68.3. The topological polar surface area (TPSA) is 114 Å². The van der Waals surface area contributed by atoms with Gasteiger partial charge >= 0.3 is 5.97 Å². The van der Waals surface area contributed by atoms with Crippen LogP contribution in [0.3, 0.4) is 0 Å². The number of carbonyl (C=O) groups excluding carboxylic acids is 2. The lowest BCUT2D eigenvalue weighted by Crippen LogP contribution is -2.47. The lowest BCUT2D eigenvalue weighted by atomic mass is 10.0. The van der Waals surface area contributed by atoms with E-state index in [0.717, 1.165) is 70.6 Å². The van der Waals surface area contributed by atoms with Gasteiger partial charge in [0, 0.05) is 12.8 Å². The molecule has 3 unspecified atom stereocenters. The van der Waals surface area contributed by atoms with Gasteiger partial charge in [-0.3, -0.25) is 14.2 Å². The standard InChI is InChI=1S/C78H149N2O7P/c1-7-10-13-16-19-22-25-28-30-32-34-36-38-39-40-41-43-44-46-48-50-52-55-58-61-64-67-70-77(81)79-75(74-86-88(83,84)85-73-72-80(4,5)6)76(69-66-63-60-57-54-27-24-21-18-15-12-9-3)87-78(82)71-68-65-62-59-56-53-51-49-47-45-42-37-35-33-31-29-26-23-20-17-14-11-8-2/h20,23,29,31,35,37,66,69,75-76H,7-19,21-22,24-28,30,32-34,36,38-65,67-68,70-74H2,1-6H3,(H-,79,81,83,84)/b23-20-,31-29-,37-35-,69-66+. The molecule has 0 saturated heterocycles. The minimum absolute atomic E-state index is 0.0209. The second-order valence-corrected chi connectivity index (χ2v) is 28.9. The summed E-state index contributed by atoms with van der Waals surface area (Å²) in [6, 6.07) is -0.889. The average molecular weight is 1260 g/mol. The van der Waals surface area contributed by atoms with Gasteiger partial charge in [0.1, 0.15) is 19.3 Å². The molecule has 0 aromatic carbocycles. The van der Waals surface area contributed by atoms with Crippen LogP contribution in [-0.4, -0.2) is 69.4 Å². The van der Waals surface area contributed by atoms with Crippen molar-refractivity contribution in [1.82, 2.24) is 5.32 Å². The van der Waals surface area contributed by atoms with E-state index in [1.165, 1.54) is 283 Å². The second kappa shape index (κ2) is 67.8. The number of nitrogens with one attached hydrogen (secondary N) is 1. The van der Waals surface area contributed by atoms with Gasteiger partial charge in [-0.15, -0.1) is 0 Å². The first kappa shape index (κ1) is 86.0. The molecule has 518 valence electrons. The number of phosphoric ester groups is 1. The van der Waals surface area contributed by atoms with Gasteiger partial charge in [0.2, 0.25) is 5.91 Å². The third-order valence-electron chi connectivity index (χ3n) is 17.5. The number of esters is 1. The van der Waals surface area contributed by atoms with E-state index < -0.39 is 20.0 Å². The molecular weight excluding hydrogens is 1110 g/mol. The molecule has 0 radical (unpaired) electrons. The van der Waals surface area contributed by atoms with Crippen LogP contribution in [0.1, 0.15) is 387 Å². The summed E-state index contributed by atoms with van der Waals surface area (Å²) in [6.45, 7) is 6.88. The lowest BCUT2D eigenvalue weighted by Gasteiger charge is -2.30. The fourth-order valence-electron chi connectivity index (χ4n) is 11.6. The number of phosphoric acid groups is 1. The van der Waals surface area contributed by atoms with Crippen molar-refractivity contribution in [2.75, 3.05) is 40.9 Å². The first-order valence-corrected chi connectivity index (χ1v) is 39.9. The maximum Gasteiger partial charge on any atom is 0.306 e. The Hall–Kier alpha value is -2.03. The number of allylic oxidation sites excluding steroid dienone is 7. The zero-order valence-electron chi connectivity index (χ0n) is 59.5. The van der Waals surface area contributed by atoms with E-state index in [1.54, 1.807) is 0 Å². The van der Waals surface area contributed by atoms with Gasteiger partial charge in [-0.1, -0.05) is 352 Å². The van der Waals surface area contributed by atoms with Crippen LogP contribution >= 0.6 is 7.82 Å². The highest BCUT2D eigenvalue weighted by molar-refractivity contribution is 7.45. The van der Waals surface area contributed by atoms with Crippen LogP contribution in [0.25, 0.3) is 0 Å². The monoisotopic (exact) mass is 1260 g/mol. The van der Waals surface area contributed by atoms with Gasteiger partial charge in [-0.05, 0) is 70.3 Å². The second-order valence-electron chi connectivity index (χ2n) is 27.5. The highest BCUT2D eigenvalue weighted by Gasteiger charge is 2.27. The van der Waals surface area contributed by atoms with Crippen LogP contribution in [0, 0.1) is 0 Å². The molecule has 0 aliphatic rings. The van der Waals surface area contributed by atoms with Gasteiger partial charge < -0.3 is 28.5 Å². The molecule has 0 aromatic rings. The number of unbranched alkanes of at least 4 members (excludes halogenated alkanes) is 49. The molecule has 1 N–H and O–H groups in total. The fourth-order valence-corrected chi connectivity index (χ4v) is 12.3. The predicted octanol–water partition coefficient (Wildman–Crippen LogP) is 24.1. The number of ether oxygens (including phenoxy) is 1. The SMILES string of the molecule is CCCCC/C=C\C/C=C\C/C=C\CCCCCCCCCCCCC(=O)OC(/C=C/CCCCCCCCCCCC)C(COP(=O)([O-])OCC[N+](C)(C)C)NC(=O)CCCCCCCCCCCCCCCCCCCCCCCCCCCCC. The Bertz CT molecular complexity index is 1640. The van der Waals surface area contributed by atoms with Crippen molar-refractivity contribution >= 4 is 19.7 Å². The maximum atomic E-state index is 13.6. The number of hydrogen-bond donors (Lipinski definition) is 1. The number of amides is 1. The first-order chi connectivity index (χ1) is 42.9. The molecule has 10 heteroatoms. The summed E-state index contributed by atoms with van der Waals surface area (Å²) in [5, 5.41) is 3.06. The Morgan fingerprint density at radius 2 is 0.693 bits per heavy atom. The van der Waals surface area contributed by atoms with Crippen molar-refractivity contribution in [3.63, 3.8) is 0 Å². The Balaban J connectivity index is 4.94. The molecule has 0 aliphatic carbocycles. The first-order valence-electron chi connectivity index (χ1n) is 38.4. The van der Waals surface area contributed by atoms with Crippen LogP contribution in [-0.2, 0) is 27.9 Å². The molecular formula is C78H149N2O7P. The summed E-state index contributed by atoms with van der Waals surface area (Å²) in [6.07, 6.45) is 86.8. The molecule has 1 amide bonds. The van der Waals surface area contributed by atoms with Crippen molar-refractivity contribution < 1.29 is 37.3 Å². The van der Waals surface area contributed by atoms with E-state index >= 15 is 0 Å². The summed E-state index contributed by atoms with van der Waals surface area (Å²) in [5.41, 5.74) is 0. The summed E-state index contributed by atoms with van der Waals surface area (Å²) in [4.78, 5) is 40.3. The van der Waals surface area contributed by atoms with E-state index in [9.17, 15) is 19.0 Å². The molecule has 0 fully saturated rings. The summed E-state index contributed by atoms with van der Waals surface area (Å²) in [7, 11) is 1.20. The molecule has 0 rings (SSSR count). The van der Waals surface area contributed by atoms with Crippen LogP contribution in [0.4, 0.5) is 0 Å². The molecule has 88 heavy (non-hydrogen) atoms. The van der Waals surface area contributed by atoms with Crippen LogP contribution < -0.4 is 10.2 Å². The van der Waals surface area contributed by atoms with Crippen molar-refractivity contribution in [3.8, 4) is 0 Å². The van der Waals surface area contributed by atoms with E-state index in [2.05, 4.69) is 62.5 Å². The molecule has 0 saturated carbocycles. The third-order valence-corrected chi connectivity index (χ3v) is 18.5. The van der Waals surface area contributed by atoms with Crippen molar-refractivity contribution in [1.29, 1.82) is 0 Å². The number of rotatable bonds is 71. The van der Waals surface area contributed by atoms with Crippen molar-refractivity contribution in [3.05, 3.63) is 48.6 Å². The number of likely N-dealkylation sites (N-methyl/N-ethyl adjacent to an activating group) is 1. The van der Waals surface area contributed by atoms with Gasteiger partial charge in [-0.25, -0.2) is 0 Å². The van der Waals surface area contributed by atoms with E-state index in [1.807, 2.05) is 33.3 Å². The van der Waals surface area contributed by atoms with Crippen molar-refractivity contribution in [2.24, 2.45) is 0 Å². The highest BCUT2D eigenvalue weighted by Crippen LogP contribution is 2.38. The van der Waals surface area contributed by atoms with Gasteiger partial charge in [0.15, 0.2) is 0 Å². The smallest absolute Gasteiger partial charge is 0.306 e.